The van der Waals surface area contributed by atoms with Crippen molar-refractivity contribution in [2.24, 2.45) is 0 Å². The summed E-state index contributed by atoms with van der Waals surface area (Å²) in [5.41, 5.74) is -0.225. The number of ether oxygens (including phenoxy) is 1. The number of carbonyl (C=O) groups excluding carboxylic acids is 1. The molecule has 0 fully saturated rings. The van der Waals surface area contributed by atoms with Crippen LogP contribution in [0.4, 0.5) is 17.6 Å². The van der Waals surface area contributed by atoms with Crippen molar-refractivity contribution in [3.63, 3.8) is 0 Å². The highest BCUT2D eigenvalue weighted by molar-refractivity contribution is 9.10. The third-order valence-electron chi connectivity index (χ3n) is 2.53. The molecule has 21 heavy (non-hydrogen) atoms. The molecule has 0 aliphatic heterocycles. The molecule has 0 atom stereocenters. The number of alkyl halides is 3. The minimum absolute atomic E-state index is 0.0367. The first-order valence-electron chi connectivity index (χ1n) is 5.62. The minimum Gasteiger partial charge on any atom is -0.405 e. The highest BCUT2D eigenvalue weighted by atomic mass is 79.9. The van der Waals surface area contributed by atoms with Crippen LogP contribution in [0.25, 0.3) is 0 Å². The second-order valence-electron chi connectivity index (χ2n) is 4.00. The number of ketones is 1. The molecule has 7 heteroatoms. The van der Waals surface area contributed by atoms with Gasteiger partial charge in [0, 0.05) is 10.0 Å². The third kappa shape index (κ3) is 3.81. The first-order valence-corrected chi connectivity index (χ1v) is 6.42. The van der Waals surface area contributed by atoms with Gasteiger partial charge in [0.05, 0.1) is 5.56 Å². The smallest absolute Gasteiger partial charge is 0.405 e. The number of para-hydroxylation sites is 1. The van der Waals surface area contributed by atoms with Crippen LogP contribution in [0.2, 0.25) is 0 Å². The minimum atomic E-state index is -4.91. The quantitative estimate of drug-likeness (QED) is 0.583. The number of hydrogen-bond donors (Lipinski definition) is 0. The highest BCUT2D eigenvalue weighted by Gasteiger charge is 2.33. The average molecular weight is 363 g/mol. The average Bonchev–Trinajstić information content (AvgIpc) is 2.36. The SMILES string of the molecule is O=C(c1ccc(F)cc1Br)c1ccccc1OC(F)(F)F. The Hall–Kier alpha value is -1.89. The Labute approximate surface area is 125 Å². The fourth-order valence-corrected chi connectivity index (χ4v) is 2.22. The van der Waals surface area contributed by atoms with Crippen LogP contribution in [0, 0.1) is 5.82 Å². The molecule has 2 aromatic carbocycles. The van der Waals surface area contributed by atoms with Crippen molar-refractivity contribution < 1.29 is 27.1 Å². The predicted octanol–water partition coefficient (Wildman–Crippen LogP) is 4.72. The molecule has 0 radical (unpaired) electrons. The van der Waals surface area contributed by atoms with Gasteiger partial charge in [-0.25, -0.2) is 4.39 Å². The molecule has 2 aromatic rings. The lowest BCUT2D eigenvalue weighted by Crippen LogP contribution is -2.19. The van der Waals surface area contributed by atoms with Gasteiger partial charge in [0.2, 0.25) is 0 Å². The molecular weight excluding hydrogens is 356 g/mol. The lowest BCUT2D eigenvalue weighted by Gasteiger charge is -2.13. The van der Waals surface area contributed by atoms with Crippen LogP contribution in [0.5, 0.6) is 5.75 Å². The second kappa shape index (κ2) is 5.85. The number of rotatable bonds is 3. The number of hydrogen-bond acceptors (Lipinski definition) is 2. The lowest BCUT2D eigenvalue weighted by atomic mass is 10.0. The molecular formula is C14H7BrF4O2. The van der Waals surface area contributed by atoms with E-state index in [-0.39, 0.29) is 15.6 Å². The normalized spacial score (nSPS) is 11.3. The van der Waals surface area contributed by atoms with E-state index in [4.69, 9.17) is 0 Å². The maximum absolute atomic E-state index is 13.0. The van der Waals surface area contributed by atoms with Gasteiger partial charge in [-0.15, -0.1) is 13.2 Å². The molecule has 0 spiro atoms. The molecule has 0 aliphatic rings. The summed E-state index contributed by atoms with van der Waals surface area (Å²) in [6.45, 7) is 0. The zero-order chi connectivity index (χ0) is 15.6. The molecule has 0 aromatic heterocycles. The van der Waals surface area contributed by atoms with Crippen molar-refractivity contribution in [2.75, 3.05) is 0 Å². The van der Waals surface area contributed by atoms with Crippen LogP contribution < -0.4 is 4.74 Å². The van der Waals surface area contributed by atoms with Crippen molar-refractivity contribution in [2.45, 2.75) is 6.36 Å². The van der Waals surface area contributed by atoms with E-state index in [2.05, 4.69) is 20.7 Å². The second-order valence-corrected chi connectivity index (χ2v) is 4.85. The van der Waals surface area contributed by atoms with Crippen LogP contribution in [-0.4, -0.2) is 12.1 Å². The van der Waals surface area contributed by atoms with Gasteiger partial charge in [-0.1, -0.05) is 12.1 Å². The van der Waals surface area contributed by atoms with E-state index < -0.39 is 23.7 Å². The van der Waals surface area contributed by atoms with E-state index in [0.29, 0.717) is 0 Å². The maximum atomic E-state index is 13.0. The van der Waals surface area contributed by atoms with Gasteiger partial charge >= 0.3 is 6.36 Å². The molecule has 0 saturated heterocycles. The van der Waals surface area contributed by atoms with Gasteiger partial charge in [0.25, 0.3) is 0 Å². The Morgan fingerprint density at radius 1 is 1.05 bits per heavy atom. The first-order chi connectivity index (χ1) is 9.78. The molecule has 2 nitrogen and oxygen atoms in total. The van der Waals surface area contributed by atoms with Gasteiger partial charge in [-0.3, -0.25) is 4.79 Å². The van der Waals surface area contributed by atoms with Crippen molar-refractivity contribution >= 4 is 21.7 Å². The topological polar surface area (TPSA) is 26.3 Å². The van der Waals surface area contributed by atoms with E-state index in [9.17, 15) is 22.4 Å². The van der Waals surface area contributed by atoms with E-state index in [1.165, 1.54) is 24.3 Å². The zero-order valence-electron chi connectivity index (χ0n) is 10.2. The summed E-state index contributed by atoms with van der Waals surface area (Å²) in [7, 11) is 0. The van der Waals surface area contributed by atoms with Crippen molar-refractivity contribution in [1.29, 1.82) is 0 Å². The summed E-state index contributed by atoms with van der Waals surface area (Å²) in [6.07, 6.45) is -4.91. The molecule has 110 valence electrons. The zero-order valence-corrected chi connectivity index (χ0v) is 11.8. The van der Waals surface area contributed by atoms with Crippen molar-refractivity contribution in [1.82, 2.24) is 0 Å². The van der Waals surface area contributed by atoms with Gasteiger partial charge in [0.15, 0.2) is 5.78 Å². The monoisotopic (exact) mass is 362 g/mol. The fraction of sp³-hybridized carbons (Fsp3) is 0.0714. The molecule has 0 N–H and O–H groups in total. The van der Waals surface area contributed by atoms with Crippen LogP contribution in [-0.2, 0) is 0 Å². The van der Waals surface area contributed by atoms with E-state index in [1.54, 1.807) is 0 Å². The number of carbonyl (C=O) groups is 1. The maximum Gasteiger partial charge on any atom is 0.573 e. The van der Waals surface area contributed by atoms with Gasteiger partial charge in [-0.2, -0.15) is 0 Å². The molecule has 0 unspecified atom stereocenters. The molecule has 0 bridgehead atoms. The largest absolute Gasteiger partial charge is 0.573 e. The first kappa shape index (κ1) is 15.5. The van der Waals surface area contributed by atoms with Gasteiger partial charge in [-0.05, 0) is 46.3 Å². The molecule has 0 saturated carbocycles. The summed E-state index contributed by atoms with van der Waals surface area (Å²) in [6, 6.07) is 8.26. The lowest BCUT2D eigenvalue weighted by molar-refractivity contribution is -0.274. The standard InChI is InChI=1S/C14H7BrF4O2/c15-11-7-8(16)5-6-9(11)13(20)10-3-1-2-4-12(10)21-14(17,18)19/h1-7H. The Bertz CT molecular complexity index is 683. The number of benzene rings is 2. The van der Waals surface area contributed by atoms with Gasteiger partial charge in [0.1, 0.15) is 11.6 Å². The van der Waals surface area contributed by atoms with Gasteiger partial charge < -0.3 is 4.74 Å². The Morgan fingerprint density at radius 3 is 2.33 bits per heavy atom. The van der Waals surface area contributed by atoms with Crippen LogP contribution in [0.3, 0.4) is 0 Å². The van der Waals surface area contributed by atoms with Crippen LogP contribution >= 0.6 is 15.9 Å². The fourth-order valence-electron chi connectivity index (χ4n) is 1.69. The van der Waals surface area contributed by atoms with E-state index in [0.717, 1.165) is 18.2 Å². The molecule has 0 aliphatic carbocycles. The highest BCUT2D eigenvalue weighted by Crippen LogP contribution is 2.29. The number of halogens is 5. The molecule has 0 heterocycles. The van der Waals surface area contributed by atoms with E-state index in [1.807, 2.05) is 0 Å². The summed E-state index contributed by atoms with van der Waals surface area (Å²) >= 11 is 3.01. The molecule has 0 amide bonds. The Kier molecular flexibility index (Phi) is 4.32. The van der Waals surface area contributed by atoms with Crippen molar-refractivity contribution in [3.05, 3.63) is 63.9 Å². The van der Waals surface area contributed by atoms with Crippen LogP contribution in [0.15, 0.2) is 46.9 Å². The summed E-state index contributed by atoms with van der Waals surface area (Å²) < 4.78 is 54.0. The Morgan fingerprint density at radius 2 is 1.71 bits per heavy atom. The summed E-state index contributed by atoms with van der Waals surface area (Å²) in [5.74, 6) is -1.88. The van der Waals surface area contributed by atoms with E-state index >= 15 is 0 Å². The van der Waals surface area contributed by atoms with Crippen LogP contribution in [0.1, 0.15) is 15.9 Å². The molecule has 2 rings (SSSR count). The summed E-state index contributed by atoms with van der Waals surface area (Å²) in [5, 5.41) is 0. The Balaban J connectivity index is 2.44. The summed E-state index contributed by atoms with van der Waals surface area (Å²) in [4.78, 5) is 12.3. The predicted molar refractivity (Wildman–Crippen MR) is 70.7 cm³/mol. The third-order valence-corrected chi connectivity index (χ3v) is 3.19. The van der Waals surface area contributed by atoms with Crippen molar-refractivity contribution in [3.8, 4) is 5.75 Å².